The third-order valence-corrected chi connectivity index (χ3v) is 1.79. The lowest BCUT2D eigenvalue weighted by Crippen LogP contribution is -2.30. The van der Waals surface area contributed by atoms with Gasteiger partial charge in [-0.3, -0.25) is 14.3 Å². The molecule has 5 nitrogen and oxygen atoms in total. The summed E-state index contributed by atoms with van der Waals surface area (Å²) in [6.45, 7) is 0.155. The zero-order chi connectivity index (χ0) is 10.7. The fourth-order valence-corrected chi connectivity index (χ4v) is 0.967. The summed E-state index contributed by atoms with van der Waals surface area (Å²) in [5.41, 5.74) is 4.10. The molecule has 76 valence electrons. The molecule has 0 aromatic carbocycles. The van der Waals surface area contributed by atoms with Crippen LogP contribution in [0.25, 0.3) is 0 Å². The molecule has 0 spiro atoms. The fraction of sp³-hybridized carbons (Fsp3) is 0.143. The molecule has 1 rings (SSSR count). The number of nitrogens with two attached hydrogens (primary N) is 1. The molecule has 0 atom stereocenters. The van der Waals surface area contributed by atoms with Crippen LogP contribution < -0.4 is 17.0 Å². The predicted octanol–water partition coefficient (Wildman–Crippen LogP) is 0.438. The molecule has 0 saturated carbocycles. The summed E-state index contributed by atoms with van der Waals surface area (Å²) in [6, 6.07) is 0. The van der Waals surface area contributed by atoms with Crippen molar-refractivity contribution in [2.24, 2.45) is 0 Å². The van der Waals surface area contributed by atoms with Crippen molar-refractivity contribution in [1.82, 2.24) is 9.55 Å². The Labute approximate surface area is 88.8 Å². The van der Waals surface area contributed by atoms with Crippen molar-refractivity contribution in [3.05, 3.63) is 37.6 Å². The lowest BCUT2D eigenvalue weighted by Gasteiger charge is -2.01. The van der Waals surface area contributed by atoms with Crippen LogP contribution in [0.15, 0.2) is 26.4 Å². The Morgan fingerprint density at radius 1 is 1.57 bits per heavy atom. The summed E-state index contributed by atoms with van der Waals surface area (Å²) in [5, 5.41) is 0. The van der Waals surface area contributed by atoms with Gasteiger partial charge in [-0.05, 0) is 6.08 Å². The molecule has 1 aromatic rings. The van der Waals surface area contributed by atoms with Crippen LogP contribution in [0.4, 0.5) is 5.69 Å². The molecule has 0 aliphatic rings. The Kier molecular flexibility index (Phi) is 3.38. The highest BCUT2D eigenvalue weighted by molar-refractivity contribution is 6.55. The molecule has 0 saturated heterocycles. The van der Waals surface area contributed by atoms with Gasteiger partial charge in [0.1, 0.15) is 10.2 Å². The van der Waals surface area contributed by atoms with E-state index in [2.05, 4.69) is 0 Å². The molecule has 14 heavy (non-hydrogen) atoms. The molecular formula is C7H7Cl2N3O2. The predicted molar refractivity (Wildman–Crippen MR) is 55.5 cm³/mol. The Balaban J connectivity index is 3.11. The van der Waals surface area contributed by atoms with Crippen molar-refractivity contribution >= 4 is 28.9 Å². The Morgan fingerprint density at radius 3 is 2.79 bits per heavy atom. The molecule has 0 bridgehead atoms. The van der Waals surface area contributed by atoms with Gasteiger partial charge >= 0.3 is 5.69 Å². The minimum absolute atomic E-state index is 0.0382. The van der Waals surface area contributed by atoms with Crippen LogP contribution in [0.5, 0.6) is 0 Å². The topological polar surface area (TPSA) is 80.9 Å². The zero-order valence-corrected chi connectivity index (χ0v) is 8.47. The first-order chi connectivity index (χ1) is 6.50. The standard InChI is InChI=1S/C7H7Cl2N3O2/c8-5(9)1-2-12-3-4(10)6(13)11-7(12)14/h1,3H,2,10H2,(H,11,13,14). The number of nitrogen functional groups attached to an aromatic ring is 1. The van der Waals surface area contributed by atoms with Gasteiger partial charge in [0, 0.05) is 12.7 Å². The lowest BCUT2D eigenvalue weighted by atomic mass is 10.5. The second kappa shape index (κ2) is 4.34. The number of allylic oxidation sites excluding steroid dienone is 1. The number of H-pyrrole nitrogens is 1. The maximum Gasteiger partial charge on any atom is 0.328 e. The first-order valence-electron chi connectivity index (χ1n) is 3.61. The first-order valence-corrected chi connectivity index (χ1v) is 4.36. The third kappa shape index (κ3) is 2.65. The van der Waals surface area contributed by atoms with Crippen LogP contribution in [-0.4, -0.2) is 9.55 Å². The Hall–Kier alpha value is -1.20. The molecule has 0 fully saturated rings. The molecular weight excluding hydrogens is 229 g/mol. The minimum atomic E-state index is -0.604. The highest BCUT2D eigenvalue weighted by atomic mass is 35.5. The van der Waals surface area contributed by atoms with E-state index in [0.717, 1.165) is 0 Å². The van der Waals surface area contributed by atoms with Gasteiger partial charge in [-0.2, -0.15) is 0 Å². The van der Waals surface area contributed by atoms with Crippen LogP contribution >= 0.6 is 23.2 Å². The van der Waals surface area contributed by atoms with Gasteiger partial charge < -0.3 is 5.73 Å². The number of aromatic nitrogens is 2. The van der Waals surface area contributed by atoms with E-state index < -0.39 is 11.2 Å². The van der Waals surface area contributed by atoms with E-state index in [1.807, 2.05) is 4.98 Å². The minimum Gasteiger partial charge on any atom is -0.393 e. The van der Waals surface area contributed by atoms with Crippen LogP contribution in [-0.2, 0) is 6.54 Å². The van der Waals surface area contributed by atoms with Crippen molar-refractivity contribution in [2.75, 3.05) is 5.73 Å². The van der Waals surface area contributed by atoms with Gasteiger partial charge in [-0.25, -0.2) is 4.79 Å². The highest BCUT2D eigenvalue weighted by Gasteiger charge is 1.99. The maximum absolute atomic E-state index is 11.1. The summed E-state index contributed by atoms with van der Waals surface area (Å²) < 4.78 is 1.23. The van der Waals surface area contributed by atoms with Crippen LogP contribution in [0, 0.1) is 0 Å². The normalized spacial score (nSPS) is 9.86. The van der Waals surface area contributed by atoms with Gasteiger partial charge in [0.15, 0.2) is 0 Å². The third-order valence-electron chi connectivity index (χ3n) is 1.48. The monoisotopic (exact) mass is 235 g/mol. The van der Waals surface area contributed by atoms with Crippen LogP contribution in [0.1, 0.15) is 0 Å². The molecule has 3 N–H and O–H groups in total. The summed E-state index contributed by atoms with van der Waals surface area (Å²) in [7, 11) is 0. The van der Waals surface area contributed by atoms with Crippen molar-refractivity contribution < 1.29 is 0 Å². The lowest BCUT2D eigenvalue weighted by molar-refractivity contribution is 0.739. The van der Waals surface area contributed by atoms with E-state index in [1.54, 1.807) is 0 Å². The van der Waals surface area contributed by atoms with Gasteiger partial charge in [0.2, 0.25) is 0 Å². The molecule has 7 heteroatoms. The van der Waals surface area contributed by atoms with Crippen molar-refractivity contribution in [3.8, 4) is 0 Å². The van der Waals surface area contributed by atoms with E-state index >= 15 is 0 Å². The highest BCUT2D eigenvalue weighted by Crippen LogP contribution is 2.05. The van der Waals surface area contributed by atoms with Crippen molar-refractivity contribution in [3.63, 3.8) is 0 Å². The molecule has 1 aromatic heterocycles. The molecule has 0 aliphatic carbocycles. The molecule has 0 aliphatic heterocycles. The SMILES string of the molecule is Nc1cn(CC=C(Cl)Cl)c(=O)[nH]c1=O. The zero-order valence-electron chi connectivity index (χ0n) is 6.96. The number of rotatable bonds is 2. The number of nitrogens with zero attached hydrogens (tertiary/aromatic N) is 1. The molecule has 1 heterocycles. The average molecular weight is 236 g/mol. The Morgan fingerprint density at radius 2 is 2.21 bits per heavy atom. The molecule has 0 radical (unpaired) electrons. The fourth-order valence-electron chi connectivity index (χ4n) is 0.829. The summed E-state index contributed by atoms with van der Waals surface area (Å²) >= 11 is 10.7. The van der Waals surface area contributed by atoms with Crippen LogP contribution in [0.2, 0.25) is 0 Å². The second-order valence-corrected chi connectivity index (χ2v) is 3.50. The van der Waals surface area contributed by atoms with E-state index in [1.165, 1.54) is 16.8 Å². The largest absolute Gasteiger partial charge is 0.393 e. The molecule has 0 amide bonds. The maximum atomic E-state index is 11.1. The second-order valence-electron chi connectivity index (χ2n) is 2.49. The number of hydrogen-bond donors (Lipinski definition) is 2. The van der Waals surface area contributed by atoms with Gasteiger partial charge in [-0.1, -0.05) is 23.2 Å². The van der Waals surface area contributed by atoms with Gasteiger partial charge in [0.05, 0.1) is 0 Å². The van der Waals surface area contributed by atoms with Crippen molar-refractivity contribution in [1.29, 1.82) is 0 Å². The quantitative estimate of drug-likeness (QED) is 0.781. The summed E-state index contributed by atoms with van der Waals surface area (Å²) in [5.74, 6) is 0. The smallest absolute Gasteiger partial charge is 0.328 e. The number of halogens is 2. The van der Waals surface area contributed by atoms with Crippen molar-refractivity contribution in [2.45, 2.75) is 6.54 Å². The summed E-state index contributed by atoms with van der Waals surface area (Å²) in [6.07, 6.45) is 2.64. The van der Waals surface area contributed by atoms with E-state index in [-0.39, 0.29) is 16.7 Å². The molecule has 0 unspecified atom stereocenters. The van der Waals surface area contributed by atoms with Gasteiger partial charge in [-0.15, -0.1) is 0 Å². The van der Waals surface area contributed by atoms with E-state index in [0.29, 0.717) is 0 Å². The summed E-state index contributed by atoms with van der Waals surface area (Å²) in [4.78, 5) is 24.1. The van der Waals surface area contributed by atoms with Gasteiger partial charge in [0.25, 0.3) is 5.56 Å². The number of anilines is 1. The van der Waals surface area contributed by atoms with E-state index in [9.17, 15) is 9.59 Å². The van der Waals surface area contributed by atoms with Crippen LogP contribution in [0.3, 0.4) is 0 Å². The number of hydrogen-bond acceptors (Lipinski definition) is 3. The average Bonchev–Trinajstić information content (AvgIpc) is 2.09. The number of aromatic amines is 1. The Bertz CT molecular complexity index is 471. The number of nitrogens with one attached hydrogen (secondary N) is 1. The first kappa shape index (κ1) is 10.9. The van der Waals surface area contributed by atoms with E-state index in [4.69, 9.17) is 28.9 Å².